The van der Waals surface area contributed by atoms with Crippen LogP contribution in [-0.4, -0.2) is 23.9 Å². The van der Waals surface area contributed by atoms with Crippen LogP contribution in [0.5, 0.6) is 5.75 Å². The van der Waals surface area contributed by atoms with Gasteiger partial charge in [-0.3, -0.25) is 9.36 Å². The average molecular weight is 510 g/mol. The third-order valence-electron chi connectivity index (χ3n) is 5.08. The average Bonchev–Trinajstić information content (AvgIpc) is 3.36. The minimum atomic E-state index is -4.57. The van der Waals surface area contributed by atoms with E-state index in [4.69, 9.17) is 10.5 Å². The number of carbonyl (C=O) groups excluding carboxylic acids is 1. The Labute approximate surface area is 197 Å². The Bertz CT molecular complexity index is 1450. The van der Waals surface area contributed by atoms with Crippen molar-refractivity contribution >= 4 is 39.0 Å². The second-order valence-electron chi connectivity index (χ2n) is 7.42. The number of rotatable bonds is 7. The fraction of sp³-hybridized carbons (Fsp3) is 0.182. The first-order valence-corrected chi connectivity index (χ1v) is 12.1. The van der Waals surface area contributed by atoms with Crippen LogP contribution < -0.4 is 10.5 Å². The minimum Gasteiger partial charge on any atom is -0.484 e. The second kappa shape index (κ2) is 9.11. The monoisotopic (exact) mass is 509 g/mol. The number of benzene rings is 2. The van der Waals surface area contributed by atoms with E-state index >= 15 is 0 Å². The van der Waals surface area contributed by atoms with E-state index in [1.54, 1.807) is 22.8 Å². The van der Waals surface area contributed by atoms with E-state index in [1.165, 1.54) is 37.5 Å². The van der Waals surface area contributed by atoms with Crippen molar-refractivity contribution in [2.24, 2.45) is 5.73 Å². The summed E-state index contributed by atoms with van der Waals surface area (Å²) in [5.41, 5.74) is 6.34. The molecule has 0 aliphatic heterocycles. The molecule has 2 aromatic carbocycles. The normalized spacial score (nSPS) is 12.9. The molecule has 0 saturated heterocycles. The van der Waals surface area contributed by atoms with Crippen LogP contribution in [0.1, 0.15) is 39.4 Å². The van der Waals surface area contributed by atoms with E-state index in [1.807, 2.05) is 0 Å². The van der Waals surface area contributed by atoms with E-state index in [0.29, 0.717) is 21.6 Å². The van der Waals surface area contributed by atoms with Gasteiger partial charge in [-0.25, -0.2) is 13.4 Å². The topological polar surface area (TPSA) is 104 Å². The molecule has 0 fully saturated rings. The van der Waals surface area contributed by atoms with Crippen LogP contribution in [0.2, 0.25) is 0 Å². The summed E-state index contributed by atoms with van der Waals surface area (Å²) in [6, 6.07) is 11.5. The maximum Gasteiger partial charge on any atom is 0.416 e. The van der Waals surface area contributed by atoms with E-state index in [9.17, 15) is 26.4 Å². The molecule has 12 heteroatoms. The van der Waals surface area contributed by atoms with Gasteiger partial charge in [-0.05, 0) is 30.7 Å². The van der Waals surface area contributed by atoms with Crippen molar-refractivity contribution in [2.75, 3.05) is 0 Å². The summed E-state index contributed by atoms with van der Waals surface area (Å²) >= 11 is 0.989. The molecule has 2 aromatic heterocycles. The fourth-order valence-corrected chi connectivity index (χ4v) is 5.00. The second-order valence-corrected chi connectivity index (χ2v) is 9.43. The molecule has 4 rings (SSSR count). The van der Waals surface area contributed by atoms with Gasteiger partial charge in [0.2, 0.25) is 0 Å². The molecule has 7 nitrogen and oxygen atoms in total. The maximum atomic E-state index is 13.4. The van der Waals surface area contributed by atoms with Gasteiger partial charge >= 0.3 is 6.18 Å². The quantitative estimate of drug-likeness (QED) is 0.358. The van der Waals surface area contributed by atoms with E-state index < -0.39 is 34.5 Å². The van der Waals surface area contributed by atoms with Crippen LogP contribution >= 0.6 is 11.3 Å². The van der Waals surface area contributed by atoms with Crippen LogP contribution in [0.4, 0.5) is 13.2 Å². The highest BCUT2D eigenvalue weighted by Gasteiger charge is 2.35. The zero-order valence-electron chi connectivity index (χ0n) is 17.6. The minimum absolute atomic E-state index is 0.0342. The number of imidazole rings is 1. The summed E-state index contributed by atoms with van der Waals surface area (Å²) in [4.78, 5) is 16.4. The van der Waals surface area contributed by atoms with Gasteiger partial charge in [-0.2, -0.15) is 13.2 Å². The molecule has 1 amide bonds. The number of hydrogen-bond donors (Lipinski definition) is 2. The van der Waals surface area contributed by atoms with Crippen molar-refractivity contribution in [1.82, 2.24) is 9.55 Å². The van der Waals surface area contributed by atoms with Crippen molar-refractivity contribution in [3.63, 3.8) is 0 Å². The molecule has 1 atom stereocenters. The van der Waals surface area contributed by atoms with Crippen LogP contribution in [0.25, 0.3) is 16.0 Å². The van der Waals surface area contributed by atoms with Gasteiger partial charge in [0.05, 0.1) is 22.3 Å². The van der Waals surface area contributed by atoms with Crippen molar-refractivity contribution in [1.29, 1.82) is 0 Å². The van der Waals surface area contributed by atoms with Gasteiger partial charge in [-0.1, -0.05) is 24.3 Å². The first-order chi connectivity index (χ1) is 16.0. The van der Waals surface area contributed by atoms with Gasteiger partial charge in [-0.15, -0.1) is 11.3 Å². The first-order valence-electron chi connectivity index (χ1n) is 9.89. The molecule has 0 radical (unpaired) electrons. The van der Waals surface area contributed by atoms with Crippen molar-refractivity contribution in [3.05, 3.63) is 76.4 Å². The summed E-state index contributed by atoms with van der Waals surface area (Å²) in [7, 11) is -2.62. The zero-order valence-corrected chi connectivity index (χ0v) is 19.3. The lowest BCUT2D eigenvalue weighted by molar-refractivity contribution is -0.139. The predicted octanol–water partition coefficient (Wildman–Crippen LogP) is 4.46. The van der Waals surface area contributed by atoms with E-state index in [-0.39, 0.29) is 21.9 Å². The number of aromatic nitrogens is 2. The van der Waals surface area contributed by atoms with Gasteiger partial charge in [0.25, 0.3) is 5.91 Å². The number of amides is 1. The number of hydrogen-bond acceptors (Lipinski definition) is 6. The molecule has 0 aliphatic carbocycles. The standard InChI is InChI=1S/C22H18F3N3O4S2/c1-12(14-4-2-3-5-15(14)22(23,24)25)32-18-9-19(33-20(18)21(26)29)28-11-27-16-7-6-13(8-17(16)28)10-34(30)31/h2-9,11-12,34H,10H2,1H3,(H2,26,29)/t12-/m1/s1. The Morgan fingerprint density at radius 1 is 1.21 bits per heavy atom. The largest absolute Gasteiger partial charge is 0.484 e. The highest BCUT2D eigenvalue weighted by Crippen LogP contribution is 2.39. The highest BCUT2D eigenvalue weighted by atomic mass is 32.2. The Kier molecular flexibility index (Phi) is 6.36. The number of thiol groups is 1. The van der Waals surface area contributed by atoms with Gasteiger partial charge in [0.15, 0.2) is 0 Å². The zero-order chi connectivity index (χ0) is 24.6. The summed E-state index contributed by atoms with van der Waals surface area (Å²) in [5, 5.41) is 0.478. The van der Waals surface area contributed by atoms with Gasteiger partial charge < -0.3 is 10.5 Å². The first kappa shape index (κ1) is 23.8. The van der Waals surface area contributed by atoms with Crippen LogP contribution in [-0.2, 0) is 22.6 Å². The van der Waals surface area contributed by atoms with Crippen molar-refractivity contribution < 1.29 is 31.1 Å². The number of ether oxygens (including phenoxy) is 1. The molecular formula is C22H18F3N3O4S2. The highest BCUT2D eigenvalue weighted by molar-refractivity contribution is 7.71. The van der Waals surface area contributed by atoms with Crippen molar-refractivity contribution in [3.8, 4) is 10.8 Å². The van der Waals surface area contributed by atoms with Crippen LogP contribution in [0.15, 0.2) is 54.9 Å². The lowest BCUT2D eigenvalue weighted by Gasteiger charge is -2.19. The summed E-state index contributed by atoms with van der Waals surface area (Å²) < 4.78 is 69.9. The van der Waals surface area contributed by atoms with Crippen molar-refractivity contribution in [2.45, 2.75) is 25.0 Å². The van der Waals surface area contributed by atoms with Gasteiger partial charge in [0, 0.05) is 11.6 Å². The number of halogens is 3. The third kappa shape index (κ3) is 4.77. The number of alkyl halides is 3. The summed E-state index contributed by atoms with van der Waals surface area (Å²) in [6.45, 7) is 1.45. The Morgan fingerprint density at radius 2 is 1.94 bits per heavy atom. The van der Waals surface area contributed by atoms with E-state index in [0.717, 1.165) is 17.4 Å². The summed E-state index contributed by atoms with van der Waals surface area (Å²) in [5.74, 6) is -0.897. The molecule has 0 bridgehead atoms. The number of thiophene rings is 1. The molecule has 34 heavy (non-hydrogen) atoms. The van der Waals surface area contributed by atoms with E-state index in [2.05, 4.69) is 4.98 Å². The molecular weight excluding hydrogens is 491 g/mol. The van der Waals surface area contributed by atoms with Gasteiger partial charge in [0.1, 0.15) is 38.8 Å². The van der Waals surface area contributed by atoms with Crippen LogP contribution in [0, 0.1) is 0 Å². The maximum absolute atomic E-state index is 13.4. The number of nitrogens with zero attached hydrogens (tertiary/aromatic N) is 2. The Morgan fingerprint density at radius 3 is 2.62 bits per heavy atom. The molecule has 0 spiro atoms. The Hall–Kier alpha value is -3.38. The predicted molar refractivity (Wildman–Crippen MR) is 122 cm³/mol. The number of primary amides is 1. The number of carbonyl (C=O) groups is 1. The van der Waals surface area contributed by atoms with Crippen LogP contribution in [0.3, 0.4) is 0 Å². The smallest absolute Gasteiger partial charge is 0.416 e. The third-order valence-corrected chi connectivity index (χ3v) is 6.83. The fourth-order valence-electron chi connectivity index (χ4n) is 3.58. The SMILES string of the molecule is C[C@@H](Oc1cc(-n2cnc3ccc(C[SH](=O)=O)cc32)sc1C(N)=O)c1ccccc1C(F)(F)F. The lowest BCUT2D eigenvalue weighted by Crippen LogP contribution is -2.15. The lowest BCUT2D eigenvalue weighted by atomic mass is 10.0. The number of nitrogens with two attached hydrogens (primary N) is 1. The molecule has 2 N–H and O–H groups in total. The molecule has 4 aromatic rings. The molecule has 2 heterocycles. The molecule has 0 saturated carbocycles. The summed E-state index contributed by atoms with van der Waals surface area (Å²) in [6.07, 6.45) is -4.10. The molecule has 178 valence electrons. The molecule has 0 aliphatic rings. The Balaban J connectivity index is 1.73. The molecule has 0 unspecified atom stereocenters. The number of fused-ring (bicyclic) bond motifs is 1.